The van der Waals surface area contributed by atoms with Crippen molar-refractivity contribution in [3.8, 4) is 0 Å². The molecule has 0 saturated carbocycles. The second-order valence-electron chi connectivity index (χ2n) is 5.75. The van der Waals surface area contributed by atoms with E-state index in [1.54, 1.807) is 6.20 Å². The van der Waals surface area contributed by atoms with Crippen molar-refractivity contribution in [2.24, 2.45) is 0 Å². The largest absolute Gasteiger partial charge is 0.343 e. The number of carbonyl (C=O) groups is 1. The smallest absolute Gasteiger partial charge is 0.222 e. The van der Waals surface area contributed by atoms with Crippen molar-refractivity contribution in [1.82, 2.24) is 19.0 Å². The van der Waals surface area contributed by atoms with Crippen LogP contribution in [0.2, 0.25) is 0 Å². The SMILES string of the molecule is CS(=O)(=O)N1Cc2ccnn2[C@H](CCN2CCCC2=O)C1. The highest BCUT2D eigenvalue weighted by Gasteiger charge is 2.31. The van der Waals surface area contributed by atoms with Gasteiger partial charge in [0.25, 0.3) is 0 Å². The van der Waals surface area contributed by atoms with E-state index in [0.717, 1.165) is 25.1 Å². The highest BCUT2D eigenvalue weighted by molar-refractivity contribution is 7.88. The summed E-state index contributed by atoms with van der Waals surface area (Å²) in [5.74, 6) is 0.200. The summed E-state index contributed by atoms with van der Waals surface area (Å²) in [6.45, 7) is 2.28. The molecule has 1 atom stereocenters. The summed E-state index contributed by atoms with van der Waals surface area (Å²) in [7, 11) is -3.22. The second kappa shape index (κ2) is 5.42. The van der Waals surface area contributed by atoms with Gasteiger partial charge in [0, 0.05) is 32.3 Å². The zero-order chi connectivity index (χ0) is 15.0. The first-order valence-electron chi connectivity index (χ1n) is 7.20. The Morgan fingerprint density at radius 2 is 2.24 bits per heavy atom. The van der Waals surface area contributed by atoms with Gasteiger partial charge >= 0.3 is 0 Å². The summed E-state index contributed by atoms with van der Waals surface area (Å²) in [5.41, 5.74) is 0.907. The Morgan fingerprint density at radius 3 is 2.90 bits per heavy atom. The van der Waals surface area contributed by atoms with Gasteiger partial charge in [-0.1, -0.05) is 0 Å². The monoisotopic (exact) mass is 312 g/mol. The maximum atomic E-state index is 11.8. The summed E-state index contributed by atoms with van der Waals surface area (Å²) in [6, 6.07) is 1.85. The van der Waals surface area contributed by atoms with Crippen LogP contribution in [0.25, 0.3) is 0 Å². The number of aromatic nitrogens is 2. The van der Waals surface area contributed by atoms with Gasteiger partial charge in [-0.2, -0.15) is 9.40 Å². The minimum atomic E-state index is -3.22. The van der Waals surface area contributed by atoms with E-state index in [1.165, 1.54) is 10.6 Å². The van der Waals surface area contributed by atoms with Gasteiger partial charge in [-0.15, -0.1) is 0 Å². The van der Waals surface area contributed by atoms with Crippen molar-refractivity contribution in [3.05, 3.63) is 18.0 Å². The van der Waals surface area contributed by atoms with Crippen molar-refractivity contribution in [3.63, 3.8) is 0 Å². The lowest BCUT2D eigenvalue weighted by Crippen LogP contribution is -2.42. The standard InChI is InChI=1S/C13H20N4O3S/c1-21(19,20)16-9-11-4-6-14-17(11)12(10-16)5-8-15-7-2-3-13(15)18/h4,6,12H,2-3,5,7-10H2,1H3/t12-/m1/s1. The van der Waals surface area contributed by atoms with E-state index >= 15 is 0 Å². The molecule has 0 radical (unpaired) electrons. The van der Waals surface area contributed by atoms with Crippen molar-refractivity contribution < 1.29 is 13.2 Å². The lowest BCUT2D eigenvalue weighted by Gasteiger charge is -2.33. The fraction of sp³-hybridized carbons (Fsp3) is 0.692. The molecule has 2 aliphatic heterocycles. The topological polar surface area (TPSA) is 75.5 Å². The van der Waals surface area contributed by atoms with Crippen LogP contribution in [0.3, 0.4) is 0 Å². The number of likely N-dealkylation sites (tertiary alicyclic amines) is 1. The highest BCUT2D eigenvalue weighted by atomic mass is 32.2. The van der Waals surface area contributed by atoms with Gasteiger partial charge in [0.05, 0.1) is 24.5 Å². The lowest BCUT2D eigenvalue weighted by molar-refractivity contribution is -0.127. The van der Waals surface area contributed by atoms with E-state index in [9.17, 15) is 13.2 Å². The van der Waals surface area contributed by atoms with E-state index in [-0.39, 0.29) is 11.9 Å². The summed E-state index contributed by atoms with van der Waals surface area (Å²) < 4.78 is 27.0. The van der Waals surface area contributed by atoms with Gasteiger partial charge in [0.1, 0.15) is 0 Å². The number of fused-ring (bicyclic) bond motifs is 1. The molecular weight excluding hydrogens is 292 g/mol. The predicted octanol–water partition coefficient (Wildman–Crippen LogP) is 0.212. The first-order valence-corrected chi connectivity index (χ1v) is 9.05. The van der Waals surface area contributed by atoms with Crippen LogP contribution in [0.4, 0.5) is 0 Å². The molecule has 0 aliphatic carbocycles. The molecule has 0 aromatic carbocycles. The fourth-order valence-electron chi connectivity index (χ4n) is 3.06. The Balaban J connectivity index is 1.73. The minimum absolute atomic E-state index is 0.00752. The molecular formula is C13H20N4O3S. The molecule has 1 aromatic heterocycles. The third kappa shape index (κ3) is 2.96. The molecule has 0 N–H and O–H groups in total. The van der Waals surface area contributed by atoms with Crippen LogP contribution in [-0.2, 0) is 21.4 Å². The Labute approximate surface area is 124 Å². The summed E-state index contributed by atoms with van der Waals surface area (Å²) >= 11 is 0. The van der Waals surface area contributed by atoms with E-state index in [2.05, 4.69) is 5.10 Å². The molecule has 0 spiro atoms. The summed E-state index contributed by atoms with van der Waals surface area (Å²) in [4.78, 5) is 13.5. The molecule has 3 heterocycles. The number of amides is 1. The zero-order valence-corrected chi connectivity index (χ0v) is 12.9. The van der Waals surface area contributed by atoms with Crippen molar-refractivity contribution in [1.29, 1.82) is 0 Å². The number of carbonyl (C=O) groups excluding carboxylic acids is 1. The molecule has 8 heteroatoms. The van der Waals surface area contributed by atoms with E-state index in [1.807, 2.05) is 15.6 Å². The van der Waals surface area contributed by atoms with Gasteiger partial charge in [-0.3, -0.25) is 9.48 Å². The highest BCUT2D eigenvalue weighted by Crippen LogP contribution is 2.25. The number of nitrogens with zero attached hydrogens (tertiary/aromatic N) is 4. The molecule has 0 unspecified atom stereocenters. The Kier molecular flexibility index (Phi) is 3.75. The lowest BCUT2D eigenvalue weighted by atomic mass is 10.1. The molecule has 21 heavy (non-hydrogen) atoms. The number of sulfonamides is 1. The molecule has 1 amide bonds. The predicted molar refractivity (Wildman–Crippen MR) is 76.9 cm³/mol. The molecule has 3 rings (SSSR count). The van der Waals surface area contributed by atoms with Gasteiger partial charge in [-0.05, 0) is 18.9 Å². The molecule has 1 fully saturated rings. The van der Waals surface area contributed by atoms with Gasteiger partial charge in [0.2, 0.25) is 15.9 Å². The maximum Gasteiger partial charge on any atom is 0.222 e. The molecule has 2 aliphatic rings. The molecule has 116 valence electrons. The Hall–Kier alpha value is -1.41. The Bertz CT molecular complexity index is 640. The first-order chi connectivity index (χ1) is 9.95. The third-order valence-electron chi connectivity index (χ3n) is 4.22. The second-order valence-corrected chi connectivity index (χ2v) is 7.73. The number of hydrogen-bond acceptors (Lipinski definition) is 4. The van der Waals surface area contributed by atoms with Crippen LogP contribution in [0.1, 0.15) is 31.0 Å². The van der Waals surface area contributed by atoms with Crippen LogP contribution in [0.15, 0.2) is 12.3 Å². The van der Waals surface area contributed by atoms with Crippen LogP contribution in [-0.4, -0.2) is 59.2 Å². The normalized spacial score (nSPS) is 23.6. The van der Waals surface area contributed by atoms with Gasteiger partial charge < -0.3 is 4.90 Å². The minimum Gasteiger partial charge on any atom is -0.343 e. The Morgan fingerprint density at radius 1 is 1.43 bits per heavy atom. The summed E-state index contributed by atoms with van der Waals surface area (Å²) in [6.07, 6.45) is 5.22. The van der Waals surface area contributed by atoms with Crippen LogP contribution < -0.4 is 0 Å². The van der Waals surface area contributed by atoms with E-state index < -0.39 is 10.0 Å². The summed E-state index contributed by atoms with van der Waals surface area (Å²) in [5, 5.41) is 4.31. The van der Waals surface area contributed by atoms with Crippen LogP contribution in [0, 0.1) is 0 Å². The molecule has 0 bridgehead atoms. The van der Waals surface area contributed by atoms with Crippen LogP contribution in [0.5, 0.6) is 0 Å². The van der Waals surface area contributed by atoms with Crippen molar-refractivity contribution >= 4 is 15.9 Å². The average Bonchev–Trinajstić information content (AvgIpc) is 3.03. The molecule has 1 aromatic rings. The molecule has 7 nitrogen and oxygen atoms in total. The maximum absolute atomic E-state index is 11.8. The fourth-order valence-corrected chi connectivity index (χ4v) is 3.87. The van der Waals surface area contributed by atoms with Gasteiger partial charge in [0.15, 0.2) is 0 Å². The average molecular weight is 312 g/mol. The molecule has 1 saturated heterocycles. The van der Waals surface area contributed by atoms with Crippen molar-refractivity contribution in [2.75, 3.05) is 25.9 Å². The van der Waals surface area contributed by atoms with Crippen LogP contribution >= 0.6 is 0 Å². The quantitative estimate of drug-likeness (QED) is 0.796. The van der Waals surface area contributed by atoms with E-state index in [4.69, 9.17) is 0 Å². The first kappa shape index (κ1) is 14.5. The third-order valence-corrected chi connectivity index (χ3v) is 5.44. The number of rotatable bonds is 4. The van der Waals surface area contributed by atoms with Crippen molar-refractivity contribution in [2.45, 2.75) is 31.8 Å². The zero-order valence-electron chi connectivity index (χ0n) is 12.1. The van der Waals surface area contributed by atoms with Gasteiger partial charge in [-0.25, -0.2) is 8.42 Å². The number of hydrogen-bond donors (Lipinski definition) is 0. The van der Waals surface area contributed by atoms with E-state index in [0.29, 0.717) is 26.1 Å².